The number of hydrogen-bond acceptors (Lipinski definition) is 4. The molecule has 1 fully saturated rings. The smallest absolute Gasteiger partial charge is 0.234 e. The van der Waals surface area contributed by atoms with Crippen molar-refractivity contribution in [2.75, 3.05) is 44.2 Å². The van der Waals surface area contributed by atoms with Gasteiger partial charge in [-0.15, -0.1) is 0 Å². The summed E-state index contributed by atoms with van der Waals surface area (Å²) in [6.07, 6.45) is 2.12. The number of carbonyl (C=O) groups excluding carboxylic acids is 1. The Morgan fingerprint density at radius 2 is 2.00 bits per heavy atom. The summed E-state index contributed by atoms with van der Waals surface area (Å²) in [4.78, 5) is 17.2. The van der Waals surface area contributed by atoms with Gasteiger partial charge in [0.05, 0.1) is 13.2 Å². The Morgan fingerprint density at radius 1 is 1.14 bits per heavy atom. The van der Waals surface area contributed by atoms with Gasteiger partial charge in [-0.25, -0.2) is 0 Å². The highest BCUT2D eigenvalue weighted by molar-refractivity contribution is 5.78. The number of benzene rings is 2. The van der Waals surface area contributed by atoms with Crippen LogP contribution in [0.2, 0.25) is 0 Å². The molecule has 0 bridgehead atoms. The van der Waals surface area contributed by atoms with E-state index in [1.807, 2.05) is 19.1 Å². The van der Waals surface area contributed by atoms with Gasteiger partial charge in [0.1, 0.15) is 5.75 Å². The van der Waals surface area contributed by atoms with E-state index < -0.39 is 0 Å². The van der Waals surface area contributed by atoms with E-state index in [0.717, 1.165) is 51.3 Å². The summed E-state index contributed by atoms with van der Waals surface area (Å²) in [5.74, 6) is 1.57. The van der Waals surface area contributed by atoms with Crippen LogP contribution in [0.25, 0.3) is 0 Å². The number of amides is 1. The molecule has 0 unspecified atom stereocenters. The molecule has 5 heteroatoms. The van der Waals surface area contributed by atoms with Crippen molar-refractivity contribution in [3.8, 4) is 5.75 Å². The zero-order chi connectivity index (χ0) is 20.1. The van der Waals surface area contributed by atoms with Crippen LogP contribution in [0.3, 0.4) is 0 Å². The molecule has 0 saturated carbocycles. The lowest BCUT2D eigenvalue weighted by Crippen LogP contribution is -2.41. The van der Waals surface area contributed by atoms with E-state index in [1.165, 1.54) is 16.8 Å². The highest BCUT2D eigenvalue weighted by atomic mass is 16.5. The van der Waals surface area contributed by atoms with Gasteiger partial charge < -0.3 is 15.0 Å². The normalized spacial score (nSPS) is 19.1. The fraction of sp³-hybridized carbons (Fsp3) is 0.458. The minimum atomic E-state index is 0.132. The van der Waals surface area contributed by atoms with Crippen molar-refractivity contribution in [1.29, 1.82) is 0 Å². The number of hydrogen-bond donors (Lipinski definition) is 1. The molecule has 29 heavy (non-hydrogen) atoms. The first-order valence-electron chi connectivity index (χ1n) is 10.7. The number of rotatable bonds is 7. The topological polar surface area (TPSA) is 44.8 Å². The lowest BCUT2D eigenvalue weighted by Gasteiger charge is -2.28. The second-order valence-electron chi connectivity index (χ2n) is 8.06. The number of ether oxygens (including phenoxy) is 1. The van der Waals surface area contributed by atoms with Crippen LogP contribution in [0.1, 0.15) is 24.5 Å². The van der Waals surface area contributed by atoms with E-state index in [0.29, 0.717) is 19.1 Å². The van der Waals surface area contributed by atoms with Gasteiger partial charge in [0, 0.05) is 38.4 Å². The van der Waals surface area contributed by atoms with E-state index in [1.54, 1.807) is 0 Å². The van der Waals surface area contributed by atoms with Crippen LogP contribution in [0.4, 0.5) is 5.69 Å². The third kappa shape index (κ3) is 5.10. The monoisotopic (exact) mass is 393 g/mol. The van der Waals surface area contributed by atoms with Gasteiger partial charge in [-0.1, -0.05) is 24.3 Å². The molecule has 1 saturated heterocycles. The van der Waals surface area contributed by atoms with Gasteiger partial charge in [-0.3, -0.25) is 9.69 Å². The molecule has 2 heterocycles. The molecular weight excluding hydrogens is 362 g/mol. The third-order valence-electron chi connectivity index (χ3n) is 5.94. The van der Waals surface area contributed by atoms with E-state index in [-0.39, 0.29) is 5.91 Å². The first-order chi connectivity index (χ1) is 14.2. The SMILES string of the molecule is CCOc1ccc2c(c1)CN(CC(=O)NC[C@@H]1CCN(c3ccccc3)C1)CC2. The Kier molecular flexibility index (Phi) is 6.35. The quantitative estimate of drug-likeness (QED) is 0.785. The largest absolute Gasteiger partial charge is 0.494 e. The van der Waals surface area contributed by atoms with Crippen LogP contribution in [0, 0.1) is 5.92 Å². The Balaban J connectivity index is 1.23. The third-order valence-corrected chi connectivity index (χ3v) is 5.94. The number of nitrogens with zero attached hydrogens (tertiary/aromatic N) is 2. The van der Waals surface area contributed by atoms with Gasteiger partial charge in [-0.05, 0) is 61.1 Å². The minimum Gasteiger partial charge on any atom is -0.494 e. The average Bonchev–Trinajstić information content (AvgIpc) is 3.22. The number of fused-ring (bicyclic) bond motifs is 1. The number of carbonyl (C=O) groups is 1. The van der Waals surface area contributed by atoms with Crippen molar-refractivity contribution in [2.45, 2.75) is 26.3 Å². The first-order valence-corrected chi connectivity index (χ1v) is 10.7. The molecule has 1 N–H and O–H groups in total. The fourth-order valence-electron chi connectivity index (χ4n) is 4.37. The van der Waals surface area contributed by atoms with E-state index in [9.17, 15) is 4.79 Å². The van der Waals surface area contributed by atoms with Gasteiger partial charge in [-0.2, -0.15) is 0 Å². The Morgan fingerprint density at radius 3 is 2.83 bits per heavy atom. The molecule has 0 radical (unpaired) electrons. The van der Waals surface area contributed by atoms with E-state index >= 15 is 0 Å². The maximum atomic E-state index is 12.5. The van der Waals surface area contributed by atoms with Crippen molar-refractivity contribution in [3.63, 3.8) is 0 Å². The standard InChI is InChI=1S/C24H31N3O2/c1-2-29-23-9-8-20-11-12-26(17-21(20)14-23)18-24(28)25-15-19-10-13-27(16-19)22-6-4-3-5-7-22/h3-9,14,19H,2,10-13,15-18H2,1H3,(H,25,28)/t19-/m0/s1. The molecule has 5 nitrogen and oxygen atoms in total. The first kappa shape index (κ1) is 19.8. The van der Waals surface area contributed by atoms with Gasteiger partial charge in [0.2, 0.25) is 5.91 Å². The summed E-state index contributed by atoms with van der Waals surface area (Å²) in [6.45, 7) is 7.73. The fourth-order valence-corrected chi connectivity index (χ4v) is 4.37. The van der Waals surface area contributed by atoms with Gasteiger partial charge >= 0.3 is 0 Å². The van der Waals surface area contributed by atoms with Crippen LogP contribution >= 0.6 is 0 Å². The highest BCUT2D eigenvalue weighted by Gasteiger charge is 2.24. The van der Waals surface area contributed by atoms with Crippen LogP contribution in [-0.2, 0) is 17.8 Å². The molecule has 0 aromatic heterocycles. The molecule has 2 aliphatic rings. The molecule has 2 aromatic carbocycles. The maximum absolute atomic E-state index is 12.5. The lowest BCUT2D eigenvalue weighted by atomic mass is 9.99. The maximum Gasteiger partial charge on any atom is 0.234 e. The van der Waals surface area contributed by atoms with Gasteiger partial charge in [0.25, 0.3) is 0 Å². The van der Waals surface area contributed by atoms with Crippen LogP contribution < -0.4 is 15.0 Å². The number of anilines is 1. The molecule has 4 rings (SSSR count). The van der Waals surface area contributed by atoms with Crippen molar-refractivity contribution < 1.29 is 9.53 Å². The van der Waals surface area contributed by atoms with Crippen molar-refractivity contribution in [3.05, 3.63) is 59.7 Å². The van der Waals surface area contributed by atoms with Crippen molar-refractivity contribution in [2.24, 2.45) is 5.92 Å². The van der Waals surface area contributed by atoms with Gasteiger partial charge in [0.15, 0.2) is 0 Å². The minimum absolute atomic E-state index is 0.132. The molecular formula is C24H31N3O2. The Bertz CT molecular complexity index is 824. The molecule has 2 aliphatic heterocycles. The molecule has 154 valence electrons. The second-order valence-corrected chi connectivity index (χ2v) is 8.06. The Labute approximate surface area is 173 Å². The predicted octanol–water partition coefficient (Wildman–Crippen LogP) is 3.09. The summed E-state index contributed by atoms with van der Waals surface area (Å²) in [6, 6.07) is 16.9. The number of para-hydroxylation sites is 1. The van der Waals surface area contributed by atoms with Crippen molar-refractivity contribution in [1.82, 2.24) is 10.2 Å². The van der Waals surface area contributed by atoms with Crippen molar-refractivity contribution >= 4 is 11.6 Å². The summed E-state index contributed by atoms with van der Waals surface area (Å²) in [7, 11) is 0. The highest BCUT2D eigenvalue weighted by Crippen LogP contribution is 2.24. The zero-order valence-electron chi connectivity index (χ0n) is 17.3. The summed E-state index contributed by atoms with van der Waals surface area (Å²) in [5.41, 5.74) is 3.93. The Hall–Kier alpha value is -2.53. The van der Waals surface area contributed by atoms with E-state index in [2.05, 4.69) is 51.5 Å². The summed E-state index contributed by atoms with van der Waals surface area (Å²) >= 11 is 0. The van der Waals surface area contributed by atoms with Crippen LogP contribution in [0.15, 0.2) is 48.5 Å². The van der Waals surface area contributed by atoms with Crippen LogP contribution in [-0.4, -0.2) is 50.1 Å². The summed E-state index contributed by atoms with van der Waals surface area (Å²) in [5, 5.41) is 3.17. The average molecular weight is 394 g/mol. The molecule has 2 aromatic rings. The predicted molar refractivity (Wildman–Crippen MR) is 116 cm³/mol. The summed E-state index contributed by atoms with van der Waals surface area (Å²) < 4.78 is 5.62. The number of nitrogens with one attached hydrogen (secondary N) is 1. The molecule has 0 spiro atoms. The van der Waals surface area contributed by atoms with Crippen LogP contribution in [0.5, 0.6) is 5.75 Å². The zero-order valence-corrected chi connectivity index (χ0v) is 17.3. The lowest BCUT2D eigenvalue weighted by molar-refractivity contribution is -0.122. The molecule has 1 atom stereocenters. The molecule has 0 aliphatic carbocycles. The van der Waals surface area contributed by atoms with E-state index in [4.69, 9.17) is 4.74 Å². The second kappa shape index (κ2) is 9.31. The molecule has 1 amide bonds.